The second-order valence-corrected chi connectivity index (χ2v) is 15.4. The topological polar surface area (TPSA) is 149 Å². The maximum atomic E-state index is 12.6. The number of hydrogen-bond donors (Lipinski definition) is 2. The molecule has 5 fully saturated rings. The Kier molecular flexibility index (Phi) is 4.61. The van der Waals surface area contributed by atoms with Gasteiger partial charge in [-0.2, -0.15) is 0 Å². The Morgan fingerprint density at radius 3 is 2.62 bits per heavy atom. The van der Waals surface area contributed by atoms with Gasteiger partial charge in [0, 0.05) is 0 Å². The number of carbonyl (C=O) groups is 4. The molecule has 10 nitrogen and oxygen atoms in total. The van der Waals surface area contributed by atoms with Crippen molar-refractivity contribution in [1.82, 2.24) is 7.06 Å². The third-order valence-electron chi connectivity index (χ3n) is 6.68. The molecule has 2 bridgehead atoms. The molecule has 0 aromatic rings. The van der Waals surface area contributed by atoms with Crippen LogP contribution < -0.4 is 28.3 Å². The van der Waals surface area contributed by atoms with Gasteiger partial charge in [-0.3, -0.25) is 0 Å². The summed E-state index contributed by atoms with van der Waals surface area (Å²) in [6.45, 7) is 1.39. The maximum absolute atomic E-state index is 12.6. The fourth-order valence-electron chi connectivity index (χ4n) is 4.98. The Morgan fingerprint density at radius 2 is 2.03 bits per heavy atom. The molecule has 5 rings (SSSR count). The summed E-state index contributed by atoms with van der Waals surface area (Å²) in [5, 5.41) is 0. The van der Waals surface area contributed by atoms with Gasteiger partial charge in [-0.05, 0) is 0 Å². The van der Waals surface area contributed by atoms with Crippen LogP contribution in [0.5, 0.6) is 0 Å². The summed E-state index contributed by atoms with van der Waals surface area (Å²) in [6, 6.07) is 0. The molecule has 7 atom stereocenters. The van der Waals surface area contributed by atoms with Crippen molar-refractivity contribution in [2.24, 2.45) is 23.7 Å². The van der Waals surface area contributed by atoms with Crippen molar-refractivity contribution in [3.8, 4) is 0 Å². The molecule has 12 heteroatoms. The van der Waals surface area contributed by atoms with Gasteiger partial charge in [0.15, 0.2) is 0 Å². The molecule has 0 radical (unpaired) electrons. The van der Waals surface area contributed by atoms with Crippen LogP contribution >= 0.6 is 20.4 Å². The van der Waals surface area contributed by atoms with E-state index in [4.69, 9.17) is 18.9 Å². The molecular formula is C17H21I2N2O8-. The Bertz CT molecular complexity index is 817. The molecule has 162 valence electrons. The standard InChI is InChI=1S/C17H21I2N2O8/c1-16(18-2,17-19(20-17)21-17)15(25)27-5-8(22)28-11-6-4-7-10(9(6)13(23)26-3)14(24)29-12(7)11/h6-7,9-12,20-21H,4-5H2,1-3H3/q-1. The van der Waals surface area contributed by atoms with Crippen molar-refractivity contribution in [1.29, 1.82) is 0 Å². The molecular weight excluding hydrogens is 614 g/mol. The van der Waals surface area contributed by atoms with Gasteiger partial charge in [0.2, 0.25) is 0 Å². The van der Waals surface area contributed by atoms with Gasteiger partial charge in [0.1, 0.15) is 0 Å². The average molecular weight is 635 g/mol. The van der Waals surface area contributed by atoms with Crippen LogP contribution in [0.4, 0.5) is 0 Å². The zero-order valence-electron chi connectivity index (χ0n) is 15.9. The number of alkyl halides is 3. The first-order valence-corrected chi connectivity index (χ1v) is 15.7. The Balaban J connectivity index is 1.22. The summed E-state index contributed by atoms with van der Waals surface area (Å²) in [5.74, 6) is -3.65. The molecule has 29 heavy (non-hydrogen) atoms. The van der Waals surface area contributed by atoms with Gasteiger partial charge < -0.3 is 0 Å². The molecule has 0 spiro atoms. The van der Waals surface area contributed by atoms with Crippen molar-refractivity contribution >= 4 is 44.2 Å². The number of ether oxygens (including phenoxy) is 4. The summed E-state index contributed by atoms with van der Waals surface area (Å²) in [7, 11) is 1.27. The number of nitrogens with one attached hydrogen (secondary N) is 2. The number of halogens is 2. The number of hydrogen-bond acceptors (Lipinski definition) is 10. The minimum atomic E-state index is -1.32. The SMILES string of the molecule is COC(=O)C1C2CC3C(OC(=O)C31)C2OC(=O)COC(=O)C(C)([I-]C)C12NI1N2. The number of esters is 4. The molecule has 2 saturated carbocycles. The number of rotatable bonds is 7. The van der Waals surface area contributed by atoms with Gasteiger partial charge >= 0.3 is 186 Å². The van der Waals surface area contributed by atoms with Crippen LogP contribution in [-0.2, 0) is 38.1 Å². The molecule has 5 aliphatic rings. The van der Waals surface area contributed by atoms with E-state index in [0.717, 1.165) is 0 Å². The molecule has 2 aliphatic carbocycles. The summed E-state index contributed by atoms with van der Waals surface area (Å²) in [5.41, 5.74) is 0. The fourth-order valence-corrected chi connectivity index (χ4v) is 15.3. The van der Waals surface area contributed by atoms with Gasteiger partial charge in [-0.25, -0.2) is 0 Å². The minimum absolute atomic E-state index is 0.145. The van der Waals surface area contributed by atoms with Crippen molar-refractivity contribution < 1.29 is 59.3 Å². The molecule has 0 amide bonds. The van der Waals surface area contributed by atoms with Crippen LogP contribution in [0, 0.1) is 23.7 Å². The first-order valence-electron chi connectivity index (χ1n) is 9.18. The molecule has 3 heterocycles. The van der Waals surface area contributed by atoms with Gasteiger partial charge in [0.05, 0.1) is 0 Å². The number of fused-ring (bicyclic) bond motifs is 2. The molecule has 3 saturated heterocycles. The fraction of sp³-hybridized carbons (Fsp3) is 0.765. The molecule has 7 unspecified atom stereocenters. The second kappa shape index (κ2) is 6.63. The normalized spacial score (nSPS) is 40.0. The Morgan fingerprint density at radius 1 is 1.34 bits per heavy atom. The monoisotopic (exact) mass is 635 g/mol. The van der Waals surface area contributed by atoms with E-state index in [9.17, 15) is 19.2 Å². The molecule has 2 N–H and O–H groups in total. The zero-order valence-corrected chi connectivity index (χ0v) is 20.2. The van der Waals surface area contributed by atoms with E-state index in [1.54, 1.807) is 0 Å². The van der Waals surface area contributed by atoms with Crippen LogP contribution in [0.25, 0.3) is 0 Å². The van der Waals surface area contributed by atoms with E-state index in [0.29, 0.717) is 6.42 Å². The summed E-state index contributed by atoms with van der Waals surface area (Å²) < 4.78 is 27.0. The van der Waals surface area contributed by atoms with Gasteiger partial charge in [0.25, 0.3) is 0 Å². The first kappa shape index (κ1) is 20.2. The number of carbonyl (C=O) groups excluding carboxylic acids is 4. The third-order valence-corrected chi connectivity index (χ3v) is 16.0. The first-order chi connectivity index (χ1) is 13.8. The molecule has 0 aromatic heterocycles. The quantitative estimate of drug-likeness (QED) is 0.0541. The van der Waals surface area contributed by atoms with Crippen LogP contribution in [0.3, 0.4) is 0 Å². The van der Waals surface area contributed by atoms with Crippen LogP contribution in [0.2, 0.25) is 0 Å². The average Bonchev–Trinajstić information content (AvgIpc) is 3.47. The van der Waals surface area contributed by atoms with E-state index in [-0.39, 0.29) is 15.5 Å². The van der Waals surface area contributed by atoms with Crippen molar-refractivity contribution in [2.75, 3.05) is 18.6 Å². The van der Waals surface area contributed by atoms with Gasteiger partial charge in [-0.15, -0.1) is 0 Å². The van der Waals surface area contributed by atoms with E-state index in [1.807, 2.05) is 11.9 Å². The Hall–Kier alpha value is -0.740. The van der Waals surface area contributed by atoms with Crippen molar-refractivity contribution in [2.45, 2.75) is 32.6 Å². The van der Waals surface area contributed by atoms with Crippen LogP contribution in [0.1, 0.15) is 13.3 Å². The van der Waals surface area contributed by atoms with E-state index in [2.05, 4.69) is 7.06 Å². The predicted octanol–water partition coefficient (Wildman–Crippen LogP) is -3.90. The summed E-state index contributed by atoms with van der Waals surface area (Å²) in [4.78, 5) is 51.4. The molecule has 0 aromatic carbocycles. The van der Waals surface area contributed by atoms with E-state index in [1.165, 1.54) is 7.11 Å². The van der Waals surface area contributed by atoms with Gasteiger partial charge in [-0.1, -0.05) is 0 Å². The van der Waals surface area contributed by atoms with Crippen molar-refractivity contribution in [3.63, 3.8) is 0 Å². The van der Waals surface area contributed by atoms with E-state index < -0.39 is 99.5 Å². The second-order valence-electron chi connectivity index (χ2n) is 7.89. The van der Waals surface area contributed by atoms with E-state index >= 15 is 0 Å². The molecule has 3 aliphatic heterocycles. The van der Waals surface area contributed by atoms with Crippen molar-refractivity contribution in [3.05, 3.63) is 0 Å². The number of methoxy groups -OCH3 is 1. The van der Waals surface area contributed by atoms with Crippen LogP contribution in [0.15, 0.2) is 0 Å². The van der Waals surface area contributed by atoms with Crippen LogP contribution in [-0.4, -0.2) is 61.8 Å². The predicted molar refractivity (Wildman–Crippen MR) is 98.7 cm³/mol. The zero-order chi connectivity index (χ0) is 20.7. The Labute approximate surface area is 184 Å². The summed E-state index contributed by atoms with van der Waals surface area (Å²) >= 11 is -1.79. The third kappa shape index (κ3) is 2.70. The summed E-state index contributed by atoms with van der Waals surface area (Å²) in [6.07, 6.45) is -0.680.